The van der Waals surface area contributed by atoms with Gasteiger partial charge in [0.1, 0.15) is 24.1 Å². The number of hydrogen-bond acceptors (Lipinski definition) is 5. The number of rotatable bonds is 9. The number of carbonyl (C=O) groups is 1. The number of methoxy groups -OCH3 is 1. The molecule has 1 amide bonds. The summed E-state index contributed by atoms with van der Waals surface area (Å²) in [6.07, 6.45) is 1.07. The van der Waals surface area contributed by atoms with Crippen LogP contribution in [0.5, 0.6) is 11.5 Å². The average Bonchev–Trinajstić information content (AvgIpc) is 2.67. The highest BCUT2D eigenvalue weighted by Gasteiger charge is 2.28. The molecule has 0 aliphatic rings. The number of nitrogens with one attached hydrogen (secondary N) is 1. The largest absolute Gasteiger partial charge is 0.497 e. The molecule has 0 radical (unpaired) electrons. The van der Waals surface area contributed by atoms with Gasteiger partial charge >= 0.3 is 0 Å². The van der Waals surface area contributed by atoms with Crippen molar-refractivity contribution >= 4 is 21.6 Å². The third-order valence-electron chi connectivity index (χ3n) is 4.63. The zero-order chi connectivity index (χ0) is 21.6. The van der Waals surface area contributed by atoms with E-state index in [0.29, 0.717) is 11.4 Å². The standard InChI is InChI=1S/C21H28N2O5S/c1-15-7-6-8-20(16(15)2)28-14-13-22-21(24)17(3)23(29(5,25)26)18-9-11-19(27-4)12-10-18/h6-12,17H,13-14H2,1-5H3,(H,22,24)/t17-/m1/s1. The maximum Gasteiger partial charge on any atom is 0.243 e. The van der Waals surface area contributed by atoms with Gasteiger partial charge in [-0.15, -0.1) is 0 Å². The van der Waals surface area contributed by atoms with E-state index < -0.39 is 22.0 Å². The van der Waals surface area contributed by atoms with E-state index in [-0.39, 0.29) is 13.2 Å². The molecule has 0 fully saturated rings. The summed E-state index contributed by atoms with van der Waals surface area (Å²) >= 11 is 0. The van der Waals surface area contributed by atoms with Crippen molar-refractivity contribution in [2.24, 2.45) is 0 Å². The molecule has 0 saturated heterocycles. The van der Waals surface area contributed by atoms with Gasteiger partial charge in [0.2, 0.25) is 15.9 Å². The Bertz CT molecular complexity index is 942. The minimum Gasteiger partial charge on any atom is -0.497 e. The number of hydrogen-bond donors (Lipinski definition) is 1. The molecule has 0 aliphatic carbocycles. The maximum atomic E-state index is 12.6. The summed E-state index contributed by atoms with van der Waals surface area (Å²) in [6.45, 7) is 6.07. The highest BCUT2D eigenvalue weighted by Crippen LogP contribution is 2.24. The fourth-order valence-electron chi connectivity index (χ4n) is 2.90. The van der Waals surface area contributed by atoms with Crippen LogP contribution in [-0.4, -0.2) is 46.9 Å². The van der Waals surface area contributed by atoms with Crippen LogP contribution in [0.3, 0.4) is 0 Å². The second-order valence-corrected chi connectivity index (χ2v) is 8.63. The lowest BCUT2D eigenvalue weighted by Crippen LogP contribution is -2.48. The van der Waals surface area contributed by atoms with Gasteiger partial charge in [0.15, 0.2) is 0 Å². The van der Waals surface area contributed by atoms with Crippen LogP contribution in [-0.2, 0) is 14.8 Å². The van der Waals surface area contributed by atoms with Gasteiger partial charge in [0.25, 0.3) is 0 Å². The van der Waals surface area contributed by atoms with Crippen molar-refractivity contribution in [1.29, 1.82) is 0 Å². The van der Waals surface area contributed by atoms with E-state index in [2.05, 4.69) is 5.32 Å². The first-order valence-electron chi connectivity index (χ1n) is 9.25. The highest BCUT2D eigenvalue weighted by atomic mass is 32.2. The van der Waals surface area contributed by atoms with Crippen LogP contribution in [0.25, 0.3) is 0 Å². The van der Waals surface area contributed by atoms with Crippen LogP contribution in [0.15, 0.2) is 42.5 Å². The van der Waals surface area contributed by atoms with Crippen molar-refractivity contribution in [3.63, 3.8) is 0 Å². The van der Waals surface area contributed by atoms with Gasteiger partial charge in [-0.2, -0.15) is 0 Å². The SMILES string of the molecule is COc1ccc(N([C@H](C)C(=O)NCCOc2cccc(C)c2C)S(C)(=O)=O)cc1. The third kappa shape index (κ3) is 5.87. The monoisotopic (exact) mass is 420 g/mol. The quantitative estimate of drug-likeness (QED) is 0.631. The van der Waals surface area contributed by atoms with E-state index in [9.17, 15) is 13.2 Å². The molecule has 1 N–H and O–H groups in total. The Morgan fingerprint density at radius 2 is 1.79 bits per heavy atom. The van der Waals surface area contributed by atoms with Crippen molar-refractivity contribution in [3.05, 3.63) is 53.6 Å². The third-order valence-corrected chi connectivity index (χ3v) is 5.87. The molecule has 0 unspecified atom stereocenters. The van der Waals surface area contributed by atoms with E-state index >= 15 is 0 Å². The molecule has 0 aromatic heterocycles. The number of amides is 1. The lowest BCUT2D eigenvalue weighted by molar-refractivity contribution is -0.121. The van der Waals surface area contributed by atoms with Crippen molar-refractivity contribution in [3.8, 4) is 11.5 Å². The van der Waals surface area contributed by atoms with Gasteiger partial charge in [-0.1, -0.05) is 12.1 Å². The first-order valence-corrected chi connectivity index (χ1v) is 11.1. The summed E-state index contributed by atoms with van der Waals surface area (Å²) in [5, 5.41) is 2.74. The fourth-order valence-corrected chi connectivity index (χ4v) is 4.08. The Balaban J connectivity index is 2.00. The van der Waals surface area contributed by atoms with Gasteiger partial charge in [-0.3, -0.25) is 9.10 Å². The molecule has 0 spiro atoms. The minimum atomic E-state index is -3.67. The van der Waals surface area contributed by atoms with Crippen molar-refractivity contribution in [2.45, 2.75) is 26.8 Å². The Morgan fingerprint density at radius 3 is 2.38 bits per heavy atom. The van der Waals surface area contributed by atoms with E-state index in [4.69, 9.17) is 9.47 Å². The predicted octanol–water partition coefficient (Wildman–Crippen LogP) is 2.66. The molecule has 0 heterocycles. The summed E-state index contributed by atoms with van der Waals surface area (Å²) in [7, 11) is -2.14. The molecule has 2 aromatic carbocycles. The normalized spacial score (nSPS) is 12.2. The summed E-state index contributed by atoms with van der Waals surface area (Å²) in [4.78, 5) is 12.6. The van der Waals surface area contributed by atoms with E-state index in [1.54, 1.807) is 31.2 Å². The molecule has 0 aliphatic heterocycles. The Hall–Kier alpha value is -2.74. The van der Waals surface area contributed by atoms with Gasteiger partial charge in [-0.05, 0) is 62.2 Å². The minimum absolute atomic E-state index is 0.261. The van der Waals surface area contributed by atoms with E-state index in [0.717, 1.165) is 27.4 Å². The van der Waals surface area contributed by atoms with Gasteiger partial charge in [0.05, 0.1) is 25.6 Å². The predicted molar refractivity (Wildman–Crippen MR) is 114 cm³/mol. The fraction of sp³-hybridized carbons (Fsp3) is 0.381. The van der Waals surface area contributed by atoms with Crippen LogP contribution in [0.1, 0.15) is 18.1 Å². The van der Waals surface area contributed by atoms with Crippen LogP contribution < -0.4 is 19.1 Å². The van der Waals surface area contributed by atoms with Crippen LogP contribution in [0.4, 0.5) is 5.69 Å². The number of nitrogens with zero attached hydrogens (tertiary/aromatic N) is 1. The second kappa shape index (κ2) is 9.65. The molecule has 158 valence electrons. The molecular weight excluding hydrogens is 392 g/mol. The van der Waals surface area contributed by atoms with E-state index in [1.807, 2.05) is 32.0 Å². The number of benzene rings is 2. The topological polar surface area (TPSA) is 84.9 Å². The van der Waals surface area contributed by atoms with Gasteiger partial charge < -0.3 is 14.8 Å². The van der Waals surface area contributed by atoms with E-state index in [1.165, 1.54) is 7.11 Å². The molecule has 2 rings (SSSR count). The number of ether oxygens (including phenoxy) is 2. The molecule has 29 heavy (non-hydrogen) atoms. The Morgan fingerprint density at radius 1 is 1.14 bits per heavy atom. The molecule has 8 heteroatoms. The smallest absolute Gasteiger partial charge is 0.243 e. The highest BCUT2D eigenvalue weighted by molar-refractivity contribution is 7.92. The molecular formula is C21H28N2O5S. The lowest BCUT2D eigenvalue weighted by atomic mass is 10.1. The number of carbonyl (C=O) groups excluding carboxylic acids is 1. The number of anilines is 1. The summed E-state index contributed by atoms with van der Waals surface area (Å²) in [5.74, 6) is 0.960. The summed E-state index contributed by atoms with van der Waals surface area (Å²) in [5.41, 5.74) is 2.57. The van der Waals surface area contributed by atoms with Crippen molar-refractivity contribution in [1.82, 2.24) is 5.32 Å². The molecule has 1 atom stereocenters. The van der Waals surface area contributed by atoms with Crippen LogP contribution >= 0.6 is 0 Å². The molecule has 0 bridgehead atoms. The number of aryl methyl sites for hydroxylation is 1. The zero-order valence-corrected chi connectivity index (χ0v) is 18.2. The Kier molecular flexibility index (Phi) is 7.50. The maximum absolute atomic E-state index is 12.6. The first kappa shape index (κ1) is 22.5. The number of sulfonamides is 1. The van der Waals surface area contributed by atoms with Gasteiger partial charge in [0, 0.05) is 0 Å². The summed E-state index contributed by atoms with van der Waals surface area (Å²) in [6, 6.07) is 11.4. The zero-order valence-electron chi connectivity index (χ0n) is 17.4. The van der Waals surface area contributed by atoms with Crippen LogP contribution in [0, 0.1) is 13.8 Å². The van der Waals surface area contributed by atoms with Crippen LogP contribution in [0.2, 0.25) is 0 Å². The average molecular weight is 421 g/mol. The second-order valence-electron chi connectivity index (χ2n) is 6.77. The van der Waals surface area contributed by atoms with Gasteiger partial charge in [-0.25, -0.2) is 8.42 Å². The van der Waals surface area contributed by atoms with Crippen molar-refractivity contribution in [2.75, 3.05) is 30.8 Å². The lowest BCUT2D eigenvalue weighted by Gasteiger charge is -2.28. The first-order chi connectivity index (χ1) is 13.6. The molecule has 7 nitrogen and oxygen atoms in total. The molecule has 2 aromatic rings. The summed E-state index contributed by atoms with van der Waals surface area (Å²) < 4.78 is 36.5. The van der Waals surface area contributed by atoms with Crippen molar-refractivity contribution < 1.29 is 22.7 Å². The Labute approximate surface area is 172 Å². The molecule has 0 saturated carbocycles.